The van der Waals surface area contributed by atoms with Gasteiger partial charge in [0.15, 0.2) is 5.58 Å². The number of benzene rings is 1. The van der Waals surface area contributed by atoms with Crippen molar-refractivity contribution in [1.29, 1.82) is 0 Å². The largest absolute Gasteiger partial charge is 0.458 e. The molecule has 1 aromatic carbocycles. The molecule has 0 aliphatic carbocycles. The van der Waals surface area contributed by atoms with Crippen molar-refractivity contribution in [3.05, 3.63) is 33.7 Å². The minimum atomic E-state index is -0.208. The summed E-state index contributed by atoms with van der Waals surface area (Å²) in [6.45, 7) is 7.81. The first kappa shape index (κ1) is 14.5. The van der Waals surface area contributed by atoms with Crippen LogP contribution in [0.4, 0.5) is 4.39 Å². The Morgan fingerprint density at radius 2 is 2.11 bits per heavy atom. The molecule has 1 N–H and O–H groups in total. The highest BCUT2D eigenvalue weighted by Gasteiger charge is 2.19. The van der Waals surface area contributed by atoms with Gasteiger partial charge in [-0.3, -0.25) is 0 Å². The van der Waals surface area contributed by atoms with E-state index in [1.165, 1.54) is 6.07 Å². The zero-order valence-corrected chi connectivity index (χ0v) is 13.1. The highest BCUT2D eigenvalue weighted by Crippen LogP contribution is 2.34. The van der Waals surface area contributed by atoms with Gasteiger partial charge in [0.1, 0.15) is 11.6 Å². The third-order valence-electron chi connectivity index (χ3n) is 3.07. The molecule has 2 aromatic rings. The van der Waals surface area contributed by atoms with Crippen molar-refractivity contribution in [1.82, 2.24) is 5.32 Å². The van der Waals surface area contributed by atoms with E-state index in [2.05, 4.69) is 35.1 Å². The Kier molecular flexibility index (Phi) is 4.63. The van der Waals surface area contributed by atoms with E-state index in [4.69, 9.17) is 4.42 Å². The van der Waals surface area contributed by atoms with Crippen LogP contribution in [0.15, 0.2) is 21.0 Å². The van der Waals surface area contributed by atoms with Gasteiger partial charge in [-0.1, -0.05) is 20.8 Å². The molecule has 0 atom stereocenters. The fraction of sp³-hybridized carbons (Fsp3) is 0.467. The van der Waals surface area contributed by atoms with Crippen molar-refractivity contribution in [2.45, 2.75) is 33.7 Å². The van der Waals surface area contributed by atoms with Crippen molar-refractivity contribution in [3.63, 3.8) is 0 Å². The molecule has 19 heavy (non-hydrogen) atoms. The van der Waals surface area contributed by atoms with E-state index in [1.807, 2.05) is 6.92 Å². The number of furan rings is 1. The second kappa shape index (κ2) is 6.06. The average molecular weight is 328 g/mol. The molecule has 0 aliphatic rings. The Labute approximate surface area is 121 Å². The van der Waals surface area contributed by atoms with Gasteiger partial charge in [0.25, 0.3) is 0 Å². The predicted octanol–water partition coefficient (Wildman–Crippen LogP) is 4.64. The van der Waals surface area contributed by atoms with Gasteiger partial charge in [-0.2, -0.15) is 0 Å². The van der Waals surface area contributed by atoms with Crippen molar-refractivity contribution in [2.75, 3.05) is 6.54 Å². The van der Waals surface area contributed by atoms with Crippen molar-refractivity contribution in [2.24, 2.45) is 5.92 Å². The van der Waals surface area contributed by atoms with Crippen LogP contribution in [0.1, 0.15) is 32.1 Å². The number of nitrogens with one attached hydrogen (secondary N) is 1. The molecule has 0 saturated heterocycles. The van der Waals surface area contributed by atoms with Crippen LogP contribution in [0.25, 0.3) is 11.0 Å². The number of hydrogen-bond donors (Lipinski definition) is 1. The topological polar surface area (TPSA) is 25.2 Å². The molecule has 0 spiro atoms. The van der Waals surface area contributed by atoms with Crippen LogP contribution >= 0.6 is 15.9 Å². The highest BCUT2D eigenvalue weighted by atomic mass is 79.9. The molecule has 0 bridgehead atoms. The molecule has 4 heteroatoms. The molecule has 0 aliphatic heterocycles. The van der Waals surface area contributed by atoms with E-state index in [1.54, 1.807) is 6.07 Å². The quantitative estimate of drug-likeness (QED) is 0.865. The van der Waals surface area contributed by atoms with Crippen molar-refractivity contribution < 1.29 is 8.81 Å². The zero-order chi connectivity index (χ0) is 14.0. The summed E-state index contributed by atoms with van der Waals surface area (Å²) in [5, 5.41) is 3.87. The minimum Gasteiger partial charge on any atom is -0.458 e. The fourth-order valence-electron chi connectivity index (χ4n) is 2.24. The summed E-state index contributed by atoms with van der Waals surface area (Å²) < 4.78 is 20.8. The van der Waals surface area contributed by atoms with Gasteiger partial charge in [-0.15, -0.1) is 0 Å². The Hall–Kier alpha value is -0.870. The number of hydrogen-bond acceptors (Lipinski definition) is 2. The van der Waals surface area contributed by atoms with Crippen molar-refractivity contribution in [3.8, 4) is 0 Å². The van der Waals surface area contributed by atoms with Gasteiger partial charge in [-0.05, 0) is 46.9 Å². The van der Waals surface area contributed by atoms with E-state index in [0.29, 0.717) is 23.4 Å². The summed E-state index contributed by atoms with van der Waals surface area (Å²) in [4.78, 5) is 0. The lowest BCUT2D eigenvalue weighted by Crippen LogP contribution is -2.12. The van der Waals surface area contributed by atoms with E-state index in [-0.39, 0.29) is 5.82 Å². The monoisotopic (exact) mass is 327 g/mol. The lowest BCUT2D eigenvalue weighted by atomic mass is 9.99. The number of rotatable bonds is 5. The summed E-state index contributed by atoms with van der Waals surface area (Å²) in [5.74, 6) is 1.09. The van der Waals surface area contributed by atoms with Gasteiger partial charge < -0.3 is 9.73 Å². The maximum absolute atomic E-state index is 14.1. The molecule has 0 fully saturated rings. The Morgan fingerprint density at radius 3 is 2.74 bits per heavy atom. The summed E-state index contributed by atoms with van der Waals surface area (Å²) in [5.41, 5.74) is 1.60. The number of fused-ring (bicyclic) bond motifs is 1. The van der Waals surface area contributed by atoms with E-state index in [0.717, 1.165) is 28.8 Å². The van der Waals surface area contributed by atoms with Crippen LogP contribution in [0.5, 0.6) is 0 Å². The van der Waals surface area contributed by atoms with Crippen LogP contribution in [-0.4, -0.2) is 6.54 Å². The van der Waals surface area contributed by atoms with Crippen LogP contribution in [0, 0.1) is 11.7 Å². The van der Waals surface area contributed by atoms with E-state index < -0.39 is 0 Å². The molecule has 2 rings (SSSR count). The minimum absolute atomic E-state index is 0.208. The second-order valence-corrected chi connectivity index (χ2v) is 5.97. The Balaban J connectivity index is 2.59. The normalized spacial score (nSPS) is 11.7. The summed E-state index contributed by atoms with van der Waals surface area (Å²) in [6, 6.07) is 3.18. The molecular weight excluding hydrogens is 309 g/mol. The zero-order valence-electron chi connectivity index (χ0n) is 11.5. The standard InChI is InChI=1S/C15H19BrFNO/c1-4-18-8-13-10(7-9(2)3)14-12(17)6-5-11(16)15(14)19-13/h5-6,9,18H,4,7-8H2,1-3H3. The summed E-state index contributed by atoms with van der Waals surface area (Å²) >= 11 is 3.43. The molecular formula is C15H19BrFNO. The first-order valence-corrected chi connectivity index (χ1v) is 7.42. The van der Waals surface area contributed by atoms with Crippen LogP contribution in [-0.2, 0) is 13.0 Å². The third-order valence-corrected chi connectivity index (χ3v) is 3.69. The van der Waals surface area contributed by atoms with Crippen LogP contribution < -0.4 is 5.32 Å². The Morgan fingerprint density at radius 1 is 1.37 bits per heavy atom. The highest BCUT2D eigenvalue weighted by molar-refractivity contribution is 9.10. The van der Waals surface area contributed by atoms with E-state index in [9.17, 15) is 4.39 Å². The predicted molar refractivity (Wildman–Crippen MR) is 79.8 cm³/mol. The average Bonchev–Trinajstić information content (AvgIpc) is 2.71. The van der Waals surface area contributed by atoms with E-state index >= 15 is 0 Å². The van der Waals surface area contributed by atoms with Gasteiger partial charge >= 0.3 is 0 Å². The second-order valence-electron chi connectivity index (χ2n) is 5.12. The molecule has 2 nitrogen and oxygen atoms in total. The van der Waals surface area contributed by atoms with Gasteiger partial charge in [0.05, 0.1) is 16.4 Å². The maximum atomic E-state index is 14.1. The van der Waals surface area contributed by atoms with Crippen LogP contribution in [0.3, 0.4) is 0 Å². The molecule has 0 unspecified atom stereocenters. The lowest BCUT2D eigenvalue weighted by molar-refractivity contribution is 0.505. The lowest BCUT2D eigenvalue weighted by Gasteiger charge is -2.06. The summed E-state index contributed by atoms with van der Waals surface area (Å²) in [6.07, 6.45) is 0.821. The van der Waals surface area contributed by atoms with Gasteiger partial charge in [-0.25, -0.2) is 4.39 Å². The summed E-state index contributed by atoms with van der Waals surface area (Å²) in [7, 11) is 0. The smallest absolute Gasteiger partial charge is 0.151 e. The maximum Gasteiger partial charge on any atom is 0.151 e. The molecule has 0 saturated carbocycles. The fourth-order valence-corrected chi connectivity index (χ4v) is 2.66. The van der Waals surface area contributed by atoms with Crippen LogP contribution in [0.2, 0.25) is 0 Å². The Bertz CT molecular complexity index is 577. The first-order chi connectivity index (χ1) is 9.04. The van der Waals surface area contributed by atoms with Gasteiger partial charge in [0, 0.05) is 5.56 Å². The SMILES string of the molecule is CCNCc1oc2c(Br)ccc(F)c2c1CC(C)C. The third kappa shape index (κ3) is 3.00. The molecule has 104 valence electrons. The van der Waals surface area contributed by atoms with Crippen molar-refractivity contribution >= 4 is 26.9 Å². The number of halogens is 2. The van der Waals surface area contributed by atoms with Gasteiger partial charge in [0.2, 0.25) is 0 Å². The molecule has 0 radical (unpaired) electrons. The first-order valence-electron chi connectivity index (χ1n) is 6.63. The molecule has 1 aromatic heterocycles. The molecule has 1 heterocycles. The molecule has 0 amide bonds.